The fraction of sp³-hybridized carbons (Fsp3) is 0.250. The number of hydrogen-bond acceptors (Lipinski definition) is 4. The Morgan fingerprint density at radius 2 is 1.96 bits per heavy atom. The van der Waals surface area contributed by atoms with Gasteiger partial charge in [0.15, 0.2) is 0 Å². The molecule has 3 aromatic heterocycles. The summed E-state index contributed by atoms with van der Waals surface area (Å²) in [4.78, 5) is 22.0. The molecule has 0 bridgehead atoms. The summed E-state index contributed by atoms with van der Waals surface area (Å²) in [6.45, 7) is 0.417. The van der Waals surface area contributed by atoms with E-state index in [-0.39, 0.29) is 11.1 Å². The number of aryl methyl sites for hydroxylation is 2. The Morgan fingerprint density at radius 3 is 2.81 bits per heavy atom. The van der Waals surface area contributed by atoms with Crippen molar-refractivity contribution in [2.24, 2.45) is 0 Å². The van der Waals surface area contributed by atoms with E-state index in [1.165, 1.54) is 12.0 Å². The number of hydrogen-bond donors (Lipinski definition) is 0. The van der Waals surface area contributed by atoms with Crippen LogP contribution in [0.3, 0.4) is 0 Å². The second-order valence-corrected chi connectivity index (χ2v) is 7.17. The Balaban J connectivity index is 1.64. The van der Waals surface area contributed by atoms with Gasteiger partial charge in [-0.15, -0.1) is 0 Å². The molecule has 6 heteroatoms. The van der Waals surface area contributed by atoms with Gasteiger partial charge in [0.1, 0.15) is 5.52 Å². The first-order valence-electron chi connectivity index (χ1n) is 8.74. The van der Waals surface area contributed by atoms with Gasteiger partial charge in [0, 0.05) is 10.7 Å². The molecule has 0 saturated carbocycles. The zero-order valence-corrected chi connectivity index (χ0v) is 14.8. The van der Waals surface area contributed by atoms with E-state index in [2.05, 4.69) is 16.0 Å². The highest BCUT2D eigenvalue weighted by molar-refractivity contribution is 6.30. The van der Waals surface area contributed by atoms with Gasteiger partial charge < -0.3 is 4.42 Å². The van der Waals surface area contributed by atoms with Gasteiger partial charge in [-0.05, 0) is 55.0 Å². The van der Waals surface area contributed by atoms with Gasteiger partial charge >= 0.3 is 0 Å². The first-order chi connectivity index (χ1) is 12.7. The molecule has 130 valence electrons. The third-order valence-electron chi connectivity index (χ3n) is 4.98. The topological polar surface area (TPSA) is 60.9 Å². The van der Waals surface area contributed by atoms with Crippen molar-refractivity contribution in [3.05, 3.63) is 68.9 Å². The lowest BCUT2D eigenvalue weighted by Crippen LogP contribution is -2.20. The minimum absolute atomic E-state index is 0.194. The van der Waals surface area contributed by atoms with E-state index in [1.54, 1.807) is 10.9 Å². The van der Waals surface area contributed by atoms with E-state index in [1.807, 2.05) is 24.3 Å². The molecule has 3 heterocycles. The van der Waals surface area contributed by atoms with E-state index in [0.717, 1.165) is 35.9 Å². The Morgan fingerprint density at radius 1 is 1.15 bits per heavy atom. The number of benzene rings is 1. The van der Waals surface area contributed by atoms with Gasteiger partial charge in [0.05, 0.1) is 18.3 Å². The molecule has 1 aromatic carbocycles. The predicted molar refractivity (Wildman–Crippen MR) is 101 cm³/mol. The molecule has 0 saturated heterocycles. The summed E-state index contributed by atoms with van der Waals surface area (Å²) < 4.78 is 7.37. The third-order valence-corrected chi connectivity index (χ3v) is 5.23. The number of fused-ring (bicyclic) bond motifs is 4. The van der Waals surface area contributed by atoms with E-state index in [0.29, 0.717) is 22.8 Å². The third kappa shape index (κ3) is 2.51. The SMILES string of the molecule is O=c1c2oc3nc4c(cc3c2ncn1Cc1ccc(Cl)cc1)CCCC4. The summed E-state index contributed by atoms with van der Waals surface area (Å²) in [7, 11) is 0. The van der Waals surface area contributed by atoms with Crippen LogP contribution in [0.5, 0.6) is 0 Å². The highest BCUT2D eigenvalue weighted by Crippen LogP contribution is 2.29. The minimum Gasteiger partial charge on any atom is -0.430 e. The van der Waals surface area contributed by atoms with E-state index in [9.17, 15) is 4.79 Å². The van der Waals surface area contributed by atoms with Crippen LogP contribution in [0, 0.1) is 0 Å². The summed E-state index contributed by atoms with van der Waals surface area (Å²) in [5, 5.41) is 1.50. The largest absolute Gasteiger partial charge is 0.430 e. The molecule has 0 spiro atoms. The summed E-state index contributed by atoms with van der Waals surface area (Å²) in [5.74, 6) is 0. The van der Waals surface area contributed by atoms with Crippen LogP contribution in [0.1, 0.15) is 29.7 Å². The molecule has 0 N–H and O–H groups in total. The molecule has 0 radical (unpaired) electrons. The highest BCUT2D eigenvalue weighted by atomic mass is 35.5. The van der Waals surface area contributed by atoms with Crippen LogP contribution < -0.4 is 5.56 Å². The molecular formula is C20H16ClN3O2. The molecule has 0 atom stereocenters. The maximum Gasteiger partial charge on any atom is 0.297 e. The normalized spacial score (nSPS) is 14.0. The van der Waals surface area contributed by atoms with Crippen molar-refractivity contribution < 1.29 is 4.42 Å². The van der Waals surface area contributed by atoms with Gasteiger partial charge in [0.25, 0.3) is 5.56 Å². The number of halogens is 1. The molecule has 4 aromatic rings. The van der Waals surface area contributed by atoms with E-state index in [4.69, 9.17) is 16.0 Å². The van der Waals surface area contributed by atoms with Crippen LogP contribution in [0.25, 0.3) is 22.2 Å². The molecule has 0 fully saturated rings. The molecule has 0 amide bonds. The van der Waals surface area contributed by atoms with Crippen molar-refractivity contribution in [1.29, 1.82) is 0 Å². The van der Waals surface area contributed by atoms with E-state index >= 15 is 0 Å². The Bertz CT molecular complexity index is 1190. The monoisotopic (exact) mass is 365 g/mol. The van der Waals surface area contributed by atoms with Crippen molar-refractivity contribution in [3.63, 3.8) is 0 Å². The second kappa shape index (κ2) is 5.95. The average molecular weight is 366 g/mol. The summed E-state index contributed by atoms with van der Waals surface area (Å²) >= 11 is 5.92. The average Bonchev–Trinajstić information content (AvgIpc) is 3.02. The van der Waals surface area contributed by atoms with Crippen molar-refractivity contribution in [1.82, 2.24) is 14.5 Å². The van der Waals surface area contributed by atoms with Gasteiger partial charge in [-0.1, -0.05) is 23.7 Å². The lowest BCUT2D eigenvalue weighted by Gasteiger charge is -2.13. The number of aromatic nitrogens is 3. The van der Waals surface area contributed by atoms with Crippen LogP contribution >= 0.6 is 11.6 Å². The Hall–Kier alpha value is -2.66. The first-order valence-corrected chi connectivity index (χ1v) is 9.12. The van der Waals surface area contributed by atoms with Crippen LogP contribution in [0.15, 0.2) is 45.9 Å². The van der Waals surface area contributed by atoms with E-state index < -0.39 is 0 Å². The summed E-state index contributed by atoms with van der Waals surface area (Å²) in [6.07, 6.45) is 5.90. The molecule has 0 aliphatic heterocycles. The lowest BCUT2D eigenvalue weighted by atomic mass is 9.95. The van der Waals surface area contributed by atoms with Crippen LogP contribution in [0.4, 0.5) is 0 Å². The quantitative estimate of drug-likeness (QED) is 0.536. The van der Waals surface area contributed by atoms with Gasteiger partial charge in [-0.2, -0.15) is 0 Å². The first kappa shape index (κ1) is 15.6. The fourth-order valence-corrected chi connectivity index (χ4v) is 3.74. The number of pyridine rings is 1. The molecule has 5 nitrogen and oxygen atoms in total. The lowest BCUT2D eigenvalue weighted by molar-refractivity contribution is 0.619. The maximum absolute atomic E-state index is 12.9. The standard InChI is InChI=1S/C20H16ClN3O2/c21-14-7-5-12(6-8-14)10-24-11-22-17-15-9-13-3-1-2-4-16(13)23-19(15)26-18(17)20(24)25/h5-9,11H,1-4,10H2. The predicted octanol–water partition coefficient (Wildman–Crippen LogP) is 4.12. The number of furan rings is 1. The van der Waals surface area contributed by atoms with Crippen LogP contribution in [0.2, 0.25) is 5.02 Å². The second-order valence-electron chi connectivity index (χ2n) is 6.74. The Labute approximate surface area is 154 Å². The minimum atomic E-state index is -0.194. The molecule has 5 rings (SSSR count). The molecule has 1 aliphatic carbocycles. The highest BCUT2D eigenvalue weighted by Gasteiger charge is 2.19. The van der Waals surface area contributed by atoms with Crippen molar-refractivity contribution in [3.8, 4) is 0 Å². The van der Waals surface area contributed by atoms with Gasteiger partial charge in [-0.3, -0.25) is 9.36 Å². The van der Waals surface area contributed by atoms with Crippen molar-refractivity contribution in [2.45, 2.75) is 32.2 Å². The zero-order chi connectivity index (χ0) is 17.7. The molecule has 0 unspecified atom stereocenters. The summed E-state index contributed by atoms with van der Waals surface area (Å²) in [5.41, 5.74) is 4.49. The van der Waals surface area contributed by atoms with Crippen LogP contribution in [-0.2, 0) is 19.4 Å². The molecule has 26 heavy (non-hydrogen) atoms. The smallest absolute Gasteiger partial charge is 0.297 e. The van der Waals surface area contributed by atoms with Crippen LogP contribution in [-0.4, -0.2) is 14.5 Å². The van der Waals surface area contributed by atoms with Gasteiger partial charge in [0.2, 0.25) is 11.3 Å². The number of rotatable bonds is 2. The zero-order valence-electron chi connectivity index (χ0n) is 14.0. The molecular weight excluding hydrogens is 350 g/mol. The number of nitrogens with zero attached hydrogens (tertiary/aromatic N) is 3. The van der Waals surface area contributed by atoms with Crippen molar-refractivity contribution in [2.75, 3.05) is 0 Å². The molecule has 1 aliphatic rings. The van der Waals surface area contributed by atoms with Crippen molar-refractivity contribution >= 4 is 33.8 Å². The summed E-state index contributed by atoms with van der Waals surface area (Å²) in [6, 6.07) is 9.51. The maximum atomic E-state index is 12.9. The fourth-order valence-electron chi connectivity index (χ4n) is 3.61. The van der Waals surface area contributed by atoms with Gasteiger partial charge in [-0.25, -0.2) is 9.97 Å². The Kier molecular flexibility index (Phi) is 3.57.